The van der Waals surface area contributed by atoms with Gasteiger partial charge in [0.2, 0.25) is 0 Å². The van der Waals surface area contributed by atoms with Gasteiger partial charge < -0.3 is 9.47 Å². The molecule has 0 aliphatic carbocycles. The molecule has 0 bridgehead atoms. The van der Waals surface area contributed by atoms with E-state index < -0.39 is 0 Å². The van der Waals surface area contributed by atoms with Gasteiger partial charge in [-0.2, -0.15) is 0 Å². The summed E-state index contributed by atoms with van der Waals surface area (Å²) >= 11 is 3.46. The van der Waals surface area contributed by atoms with Crippen LogP contribution in [0.5, 0.6) is 0 Å². The molecule has 1 aliphatic heterocycles. The molecule has 0 radical (unpaired) electrons. The lowest BCUT2D eigenvalue weighted by Gasteiger charge is -2.21. The summed E-state index contributed by atoms with van der Waals surface area (Å²) in [4.78, 5) is 0. The van der Waals surface area contributed by atoms with Crippen LogP contribution in [-0.4, -0.2) is 24.3 Å². The Morgan fingerprint density at radius 2 is 1.72 bits per heavy atom. The van der Waals surface area contributed by atoms with E-state index in [2.05, 4.69) is 41.9 Å². The molecule has 2 nitrogen and oxygen atoms in total. The Morgan fingerprint density at radius 1 is 1.11 bits per heavy atom. The van der Waals surface area contributed by atoms with Crippen LogP contribution in [0.3, 0.4) is 0 Å². The number of hydrogen-bond donors (Lipinski definition) is 0. The molecular weight excluding hydrogens is 292 g/mol. The highest BCUT2D eigenvalue weighted by Crippen LogP contribution is 2.24. The number of ether oxygens (including phenoxy) is 2. The minimum atomic E-state index is -0.344. The molecule has 0 spiro atoms. The van der Waals surface area contributed by atoms with E-state index in [9.17, 15) is 0 Å². The van der Waals surface area contributed by atoms with E-state index in [0.29, 0.717) is 0 Å². The van der Waals surface area contributed by atoms with Gasteiger partial charge in [-0.1, -0.05) is 39.2 Å². The number of halogens is 1. The van der Waals surface area contributed by atoms with Crippen LogP contribution in [-0.2, 0) is 9.47 Å². The Morgan fingerprint density at radius 3 is 2.33 bits per heavy atom. The average molecular weight is 317 g/mol. The third-order valence-corrected chi connectivity index (χ3v) is 4.12. The zero-order valence-corrected chi connectivity index (χ0v) is 13.4. The van der Waals surface area contributed by atoms with Crippen LogP contribution < -0.4 is 0 Å². The first-order valence-corrected chi connectivity index (χ1v) is 7.83. The molecule has 0 amide bonds. The fraction of sp³-hybridized carbons (Fsp3) is 0.733. The molecule has 1 aliphatic rings. The number of hydrogen-bond acceptors (Lipinski definition) is 2. The summed E-state index contributed by atoms with van der Waals surface area (Å²) in [7, 11) is 0. The van der Waals surface area contributed by atoms with E-state index in [1.165, 1.54) is 11.1 Å². The van der Waals surface area contributed by atoms with Crippen LogP contribution in [0.25, 0.3) is 0 Å². The summed E-state index contributed by atoms with van der Waals surface area (Å²) in [6, 6.07) is 0. The lowest BCUT2D eigenvalue weighted by molar-refractivity contribution is -0.145. The predicted octanol–water partition coefficient (Wildman–Crippen LogP) is 4.60. The van der Waals surface area contributed by atoms with Gasteiger partial charge in [-0.3, -0.25) is 0 Å². The maximum Gasteiger partial charge on any atom is 0.166 e. The molecule has 0 unspecified atom stereocenters. The standard InChI is InChI=1S/C15H25BrO2/c1-13(6-4-7-14(2)12-16)8-5-9-15(3)17-10-11-18-15/h7-8H,4-6,9-12H2,1-3H3. The van der Waals surface area contributed by atoms with Crippen molar-refractivity contribution in [3.8, 4) is 0 Å². The van der Waals surface area contributed by atoms with Crippen molar-refractivity contribution in [2.24, 2.45) is 0 Å². The molecule has 104 valence electrons. The molecule has 0 aromatic carbocycles. The maximum atomic E-state index is 5.58. The molecule has 1 fully saturated rings. The monoisotopic (exact) mass is 316 g/mol. The van der Waals surface area contributed by atoms with Gasteiger partial charge in [-0.15, -0.1) is 0 Å². The Hall–Kier alpha value is -0.120. The fourth-order valence-electron chi connectivity index (χ4n) is 1.98. The molecule has 18 heavy (non-hydrogen) atoms. The summed E-state index contributed by atoms with van der Waals surface area (Å²) in [6.07, 6.45) is 8.86. The van der Waals surface area contributed by atoms with Crippen LogP contribution in [0.4, 0.5) is 0 Å². The number of alkyl halides is 1. The van der Waals surface area contributed by atoms with Crippen LogP contribution in [0.15, 0.2) is 23.3 Å². The zero-order chi connectivity index (χ0) is 13.4. The molecule has 0 saturated carbocycles. The first-order valence-electron chi connectivity index (χ1n) is 6.71. The summed E-state index contributed by atoms with van der Waals surface area (Å²) in [5.41, 5.74) is 2.86. The van der Waals surface area contributed by atoms with E-state index >= 15 is 0 Å². The van der Waals surface area contributed by atoms with Crippen LogP contribution in [0.1, 0.15) is 46.5 Å². The van der Waals surface area contributed by atoms with Gasteiger partial charge in [0.05, 0.1) is 13.2 Å². The van der Waals surface area contributed by atoms with E-state index in [-0.39, 0.29) is 5.79 Å². The molecular formula is C15H25BrO2. The summed E-state index contributed by atoms with van der Waals surface area (Å²) < 4.78 is 11.2. The quantitative estimate of drug-likeness (QED) is 0.505. The fourth-order valence-corrected chi connectivity index (χ4v) is 2.21. The van der Waals surface area contributed by atoms with Crippen molar-refractivity contribution in [2.45, 2.75) is 52.2 Å². The highest BCUT2D eigenvalue weighted by Gasteiger charge is 2.29. The van der Waals surface area contributed by atoms with Crippen LogP contribution >= 0.6 is 15.9 Å². The van der Waals surface area contributed by atoms with Crippen molar-refractivity contribution in [1.82, 2.24) is 0 Å². The second-order valence-corrected chi connectivity index (χ2v) is 5.70. The molecule has 0 atom stereocenters. The minimum Gasteiger partial charge on any atom is -0.348 e. The molecule has 0 aromatic heterocycles. The smallest absolute Gasteiger partial charge is 0.166 e. The van der Waals surface area contributed by atoms with E-state index in [1.54, 1.807) is 0 Å². The number of allylic oxidation sites excluding steroid dienone is 4. The van der Waals surface area contributed by atoms with Crippen LogP contribution in [0.2, 0.25) is 0 Å². The van der Waals surface area contributed by atoms with Gasteiger partial charge in [0.25, 0.3) is 0 Å². The van der Waals surface area contributed by atoms with Gasteiger partial charge in [-0.25, -0.2) is 0 Å². The first kappa shape index (κ1) is 15.9. The van der Waals surface area contributed by atoms with Crippen molar-refractivity contribution >= 4 is 15.9 Å². The van der Waals surface area contributed by atoms with Crippen molar-refractivity contribution in [1.29, 1.82) is 0 Å². The van der Waals surface area contributed by atoms with Crippen molar-refractivity contribution in [3.63, 3.8) is 0 Å². The highest BCUT2D eigenvalue weighted by molar-refractivity contribution is 9.09. The van der Waals surface area contributed by atoms with Gasteiger partial charge in [-0.05, 0) is 40.0 Å². The lowest BCUT2D eigenvalue weighted by atomic mass is 10.1. The zero-order valence-electron chi connectivity index (χ0n) is 11.8. The molecule has 0 aromatic rings. The molecule has 3 heteroatoms. The topological polar surface area (TPSA) is 18.5 Å². The van der Waals surface area contributed by atoms with E-state index in [1.807, 2.05) is 6.92 Å². The average Bonchev–Trinajstić information content (AvgIpc) is 2.76. The van der Waals surface area contributed by atoms with Gasteiger partial charge in [0, 0.05) is 11.8 Å². The third kappa shape index (κ3) is 6.17. The Balaban J connectivity index is 2.21. The summed E-state index contributed by atoms with van der Waals surface area (Å²) in [5, 5.41) is 0.975. The van der Waals surface area contributed by atoms with Gasteiger partial charge >= 0.3 is 0 Å². The Bertz CT molecular complexity index is 302. The molecule has 1 saturated heterocycles. The first-order chi connectivity index (χ1) is 8.56. The van der Waals surface area contributed by atoms with Crippen molar-refractivity contribution in [2.75, 3.05) is 18.5 Å². The van der Waals surface area contributed by atoms with Gasteiger partial charge in [0.1, 0.15) is 0 Å². The second kappa shape index (κ2) is 8.13. The Labute approximate surface area is 120 Å². The van der Waals surface area contributed by atoms with E-state index in [4.69, 9.17) is 9.47 Å². The van der Waals surface area contributed by atoms with Crippen LogP contribution in [0, 0.1) is 0 Å². The van der Waals surface area contributed by atoms with Crippen molar-refractivity contribution in [3.05, 3.63) is 23.3 Å². The largest absolute Gasteiger partial charge is 0.348 e. The third-order valence-electron chi connectivity index (χ3n) is 3.23. The van der Waals surface area contributed by atoms with Crippen molar-refractivity contribution < 1.29 is 9.47 Å². The summed E-state index contributed by atoms with van der Waals surface area (Å²) in [6.45, 7) is 7.86. The normalized spacial score (nSPS) is 20.4. The van der Waals surface area contributed by atoms with Gasteiger partial charge in [0.15, 0.2) is 5.79 Å². The SMILES string of the molecule is CC(=CCCC(C)=CCCC1(C)OCCO1)CBr. The van der Waals surface area contributed by atoms with E-state index in [0.717, 1.165) is 44.2 Å². The highest BCUT2D eigenvalue weighted by atomic mass is 79.9. The lowest BCUT2D eigenvalue weighted by Crippen LogP contribution is -2.24. The minimum absolute atomic E-state index is 0.344. The number of rotatable bonds is 7. The molecule has 1 rings (SSSR count). The molecule has 1 heterocycles. The maximum absolute atomic E-state index is 5.58. The summed E-state index contributed by atoms with van der Waals surface area (Å²) in [5.74, 6) is -0.344. The molecule has 0 N–H and O–H groups in total. The Kier molecular flexibility index (Phi) is 7.20. The predicted molar refractivity (Wildman–Crippen MR) is 80.1 cm³/mol. The second-order valence-electron chi connectivity index (χ2n) is 5.14.